The van der Waals surface area contributed by atoms with E-state index in [-0.39, 0.29) is 25.6 Å². The van der Waals surface area contributed by atoms with Crippen molar-refractivity contribution in [3.05, 3.63) is 59.7 Å². The summed E-state index contributed by atoms with van der Waals surface area (Å²) < 4.78 is 15.9. The van der Waals surface area contributed by atoms with Crippen molar-refractivity contribution in [1.29, 1.82) is 0 Å². The number of amides is 3. The first-order chi connectivity index (χ1) is 19.8. The second-order valence-electron chi connectivity index (χ2n) is 11.8. The van der Waals surface area contributed by atoms with E-state index in [1.165, 1.54) is 13.8 Å². The lowest BCUT2D eigenvalue weighted by molar-refractivity contribution is -0.152. The minimum Gasteiger partial charge on any atom is -0.464 e. The van der Waals surface area contributed by atoms with Crippen molar-refractivity contribution in [2.45, 2.75) is 83.9 Å². The van der Waals surface area contributed by atoms with E-state index in [1.807, 2.05) is 24.3 Å². The Morgan fingerprint density at radius 1 is 0.833 bits per heavy atom. The van der Waals surface area contributed by atoms with Crippen molar-refractivity contribution >= 4 is 24.1 Å². The van der Waals surface area contributed by atoms with E-state index in [9.17, 15) is 19.2 Å². The van der Waals surface area contributed by atoms with Crippen LogP contribution in [0.3, 0.4) is 0 Å². The molecule has 0 fully saturated rings. The molecule has 0 radical (unpaired) electrons. The Bertz CT molecular complexity index is 1220. The first-order valence-electron chi connectivity index (χ1n) is 14.4. The van der Waals surface area contributed by atoms with Crippen LogP contribution in [0.25, 0.3) is 11.1 Å². The van der Waals surface area contributed by atoms with Crippen molar-refractivity contribution in [1.82, 2.24) is 16.0 Å². The molecule has 2 aromatic rings. The molecule has 0 spiro atoms. The predicted molar refractivity (Wildman–Crippen MR) is 159 cm³/mol. The smallest absolute Gasteiger partial charge is 0.408 e. The number of carbonyl (C=O) groups is 4. The first kappa shape index (κ1) is 32.4. The van der Waals surface area contributed by atoms with Gasteiger partial charge in [0.15, 0.2) is 0 Å². The van der Waals surface area contributed by atoms with E-state index in [4.69, 9.17) is 14.2 Å². The zero-order valence-corrected chi connectivity index (χ0v) is 25.4. The van der Waals surface area contributed by atoms with Gasteiger partial charge in [0.2, 0.25) is 5.91 Å². The molecule has 3 amide bonds. The molecule has 42 heavy (non-hydrogen) atoms. The van der Waals surface area contributed by atoms with Crippen molar-refractivity contribution < 1.29 is 33.4 Å². The second-order valence-corrected chi connectivity index (χ2v) is 11.8. The van der Waals surface area contributed by atoms with E-state index in [0.717, 1.165) is 22.3 Å². The first-order valence-corrected chi connectivity index (χ1v) is 14.4. The van der Waals surface area contributed by atoms with Crippen molar-refractivity contribution in [3.63, 3.8) is 0 Å². The molecule has 0 saturated heterocycles. The number of rotatable bonds is 12. The zero-order chi connectivity index (χ0) is 30.9. The number of nitrogens with one attached hydrogen (secondary N) is 3. The Labute approximate surface area is 247 Å². The van der Waals surface area contributed by atoms with E-state index < -0.39 is 41.2 Å². The third-order valence-electron chi connectivity index (χ3n) is 6.76. The Kier molecular flexibility index (Phi) is 11.0. The number of ether oxygens (including phenoxy) is 3. The van der Waals surface area contributed by atoms with Crippen LogP contribution >= 0.6 is 0 Å². The van der Waals surface area contributed by atoms with Gasteiger partial charge in [-0.3, -0.25) is 4.79 Å². The zero-order valence-electron chi connectivity index (χ0n) is 25.4. The number of esters is 1. The summed E-state index contributed by atoms with van der Waals surface area (Å²) in [6, 6.07) is 15.3. The van der Waals surface area contributed by atoms with E-state index in [0.29, 0.717) is 19.4 Å². The van der Waals surface area contributed by atoms with Crippen molar-refractivity contribution in [2.24, 2.45) is 0 Å². The van der Waals surface area contributed by atoms with E-state index in [2.05, 4.69) is 40.2 Å². The molecule has 1 atom stereocenters. The molecule has 0 saturated carbocycles. The summed E-state index contributed by atoms with van der Waals surface area (Å²) in [4.78, 5) is 50.2. The number of hydrogen-bond acceptors (Lipinski definition) is 7. The van der Waals surface area contributed by atoms with Gasteiger partial charge in [-0.1, -0.05) is 48.5 Å². The molecule has 0 unspecified atom stereocenters. The minimum absolute atomic E-state index is 0.0276. The highest BCUT2D eigenvalue weighted by atomic mass is 16.6. The molecule has 3 N–H and O–H groups in total. The van der Waals surface area contributed by atoms with Gasteiger partial charge in [0.1, 0.15) is 23.8 Å². The summed E-state index contributed by atoms with van der Waals surface area (Å²) in [5.74, 6) is -1.15. The molecule has 1 aliphatic rings. The van der Waals surface area contributed by atoms with Crippen LogP contribution in [0.1, 0.15) is 77.8 Å². The fourth-order valence-corrected chi connectivity index (χ4v) is 4.79. The second kappa shape index (κ2) is 14.2. The topological polar surface area (TPSA) is 132 Å². The van der Waals surface area contributed by atoms with Gasteiger partial charge in [0.05, 0.1) is 6.61 Å². The molecule has 0 aliphatic heterocycles. The van der Waals surface area contributed by atoms with Gasteiger partial charge >= 0.3 is 18.2 Å². The maximum absolute atomic E-state index is 13.0. The molecule has 1 aliphatic carbocycles. The molecule has 0 heterocycles. The fourth-order valence-electron chi connectivity index (χ4n) is 4.79. The monoisotopic (exact) mass is 581 g/mol. The van der Waals surface area contributed by atoms with Crippen LogP contribution in [0, 0.1) is 0 Å². The molecule has 10 nitrogen and oxygen atoms in total. The van der Waals surface area contributed by atoms with Crippen LogP contribution in [0.15, 0.2) is 48.5 Å². The highest BCUT2D eigenvalue weighted by Crippen LogP contribution is 2.44. The van der Waals surface area contributed by atoms with Crippen LogP contribution in [0.4, 0.5) is 9.59 Å². The van der Waals surface area contributed by atoms with E-state index in [1.54, 1.807) is 27.7 Å². The molecule has 228 valence electrons. The van der Waals surface area contributed by atoms with Crippen LogP contribution in [-0.4, -0.2) is 61.0 Å². The van der Waals surface area contributed by atoms with Gasteiger partial charge in [-0.05, 0) is 83.1 Å². The lowest BCUT2D eigenvalue weighted by atomic mass is 9.98. The Balaban J connectivity index is 1.49. The summed E-state index contributed by atoms with van der Waals surface area (Å²) in [5.41, 5.74) is 2.56. The average Bonchev–Trinajstić information content (AvgIpc) is 3.23. The Morgan fingerprint density at radius 3 is 2.00 bits per heavy atom. The molecule has 3 rings (SSSR count). The lowest BCUT2D eigenvalue weighted by Gasteiger charge is -2.28. The number of alkyl carbamates (subject to hydrolysis) is 2. The molecule has 0 aromatic heterocycles. The summed E-state index contributed by atoms with van der Waals surface area (Å²) in [6.07, 6.45) is 0.0291. The standard InChI is InChI=1S/C32H43N3O7/c1-7-40-28(37)32(5,6)35-27(36)26(34-30(39)42-31(2,3)4)18-12-13-19-33-29(38)41-20-25-23-16-10-8-14-21(23)22-15-9-11-17-24(22)25/h8-11,14-17,25-26H,7,12-13,18-20H2,1-6H3,(H,33,38)(H,34,39)(H,35,36)/t26-/m1/s1. The molecule has 0 bridgehead atoms. The summed E-state index contributed by atoms with van der Waals surface area (Å²) in [7, 11) is 0. The van der Waals surface area contributed by atoms with Crippen LogP contribution in [-0.2, 0) is 23.8 Å². The van der Waals surface area contributed by atoms with Gasteiger partial charge in [0.25, 0.3) is 0 Å². The largest absolute Gasteiger partial charge is 0.464 e. The quantitative estimate of drug-likeness (QED) is 0.182. The third kappa shape index (κ3) is 8.96. The maximum Gasteiger partial charge on any atom is 0.408 e. The Morgan fingerprint density at radius 2 is 1.43 bits per heavy atom. The van der Waals surface area contributed by atoms with Gasteiger partial charge in [-0.2, -0.15) is 0 Å². The minimum atomic E-state index is -1.29. The molecule has 10 heteroatoms. The summed E-state index contributed by atoms with van der Waals surface area (Å²) in [6.45, 7) is 10.6. The Hall–Kier alpha value is -4.08. The highest BCUT2D eigenvalue weighted by Gasteiger charge is 2.34. The number of unbranched alkanes of at least 4 members (excludes halogenated alkanes) is 1. The van der Waals surface area contributed by atoms with Crippen molar-refractivity contribution in [3.8, 4) is 11.1 Å². The number of carbonyl (C=O) groups excluding carboxylic acids is 4. The van der Waals surface area contributed by atoms with Crippen molar-refractivity contribution in [2.75, 3.05) is 19.8 Å². The summed E-state index contributed by atoms with van der Waals surface area (Å²) in [5, 5.41) is 8.01. The highest BCUT2D eigenvalue weighted by molar-refractivity contribution is 5.91. The van der Waals surface area contributed by atoms with Crippen LogP contribution in [0.2, 0.25) is 0 Å². The number of benzene rings is 2. The lowest BCUT2D eigenvalue weighted by Crippen LogP contribution is -2.57. The van der Waals surface area contributed by atoms with Gasteiger partial charge in [-0.15, -0.1) is 0 Å². The maximum atomic E-state index is 13.0. The fraction of sp³-hybridized carbons (Fsp3) is 0.500. The van der Waals surface area contributed by atoms with Gasteiger partial charge < -0.3 is 30.2 Å². The predicted octanol–water partition coefficient (Wildman–Crippen LogP) is 5.05. The third-order valence-corrected chi connectivity index (χ3v) is 6.76. The molecule has 2 aromatic carbocycles. The summed E-state index contributed by atoms with van der Waals surface area (Å²) >= 11 is 0. The van der Waals surface area contributed by atoms with Gasteiger partial charge in [-0.25, -0.2) is 14.4 Å². The normalized spacial score (nSPS) is 13.3. The SMILES string of the molecule is CCOC(=O)C(C)(C)NC(=O)[C@@H](CCCCNC(=O)OCC1c2ccccc2-c2ccccc21)NC(=O)OC(C)(C)C. The molecular weight excluding hydrogens is 538 g/mol. The van der Waals surface area contributed by atoms with Crippen LogP contribution in [0.5, 0.6) is 0 Å². The van der Waals surface area contributed by atoms with E-state index >= 15 is 0 Å². The molecular formula is C32H43N3O7. The number of fused-ring (bicyclic) bond motifs is 3. The van der Waals surface area contributed by atoms with Crippen LogP contribution < -0.4 is 16.0 Å². The number of hydrogen-bond donors (Lipinski definition) is 3. The average molecular weight is 582 g/mol. The van der Waals surface area contributed by atoms with Gasteiger partial charge in [0, 0.05) is 12.5 Å².